The topological polar surface area (TPSA) is 81.7 Å². The number of hydrogen-bond acceptors (Lipinski definition) is 7. The molecule has 1 fully saturated rings. The number of nitrogens with zero attached hydrogens (tertiary/aromatic N) is 5. The van der Waals surface area contributed by atoms with E-state index in [0.29, 0.717) is 37.2 Å². The Morgan fingerprint density at radius 3 is 2.77 bits per heavy atom. The van der Waals surface area contributed by atoms with Gasteiger partial charge in [-0.2, -0.15) is 0 Å². The van der Waals surface area contributed by atoms with Crippen LogP contribution >= 0.6 is 23.1 Å². The molecule has 0 saturated carbocycles. The highest BCUT2D eigenvalue weighted by Gasteiger charge is 2.28. The summed E-state index contributed by atoms with van der Waals surface area (Å²) in [4.78, 5) is 31.1. The fourth-order valence-corrected chi connectivity index (χ4v) is 7.41. The van der Waals surface area contributed by atoms with Crippen LogP contribution < -0.4 is 5.56 Å². The molecular weight excluding hydrogens is 482 g/mol. The summed E-state index contributed by atoms with van der Waals surface area (Å²) in [7, 11) is 0. The Balaban J connectivity index is 1.53. The van der Waals surface area contributed by atoms with Crippen molar-refractivity contribution in [3.8, 4) is 5.69 Å². The SMILES string of the molecule is Cc1cccc(-n2c(=O)c3c4c(sc3n3c(S[C@H](C)C(=O)N5CCOCC5)nnc23)CCCC4)c1. The van der Waals surface area contributed by atoms with Gasteiger partial charge in [-0.3, -0.25) is 9.59 Å². The van der Waals surface area contributed by atoms with Crippen LogP contribution in [0.1, 0.15) is 35.8 Å². The molecule has 1 atom stereocenters. The van der Waals surface area contributed by atoms with Gasteiger partial charge in [0.05, 0.1) is 29.5 Å². The number of benzene rings is 1. The maximum absolute atomic E-state index is 13.9. The minimum atomic E-state index is -0.329. The van der Waals surface area contributed by atoms with Crippen molar-refractivity contribution in [2.45, 2.75) is 49.9 Å². The molecule has 6 rings (SSSR count). The van der Waals surface area contributed by atoms with Crippen molar-refractivity contribution in [3.63, 3.8) is 0 Å². The van der Waals surface area contributed by atoms with Gasteiger partial charge in [-0.1, -0.05) is 23.9 Å². The monoisotopic (exact) mass is 509 g/mol. The van der Waals surface area contributed by atoms with Crippen LogP contribution in [0, 0.1) is 6.92 Å². The predicted molar refractivity (Wildman–Crippen MR) is 138 cm³/mol. The van der Waals surface area contributed by atoms with Gasteiger partial charge < -0.3 is 9.64 Å². The molecule has 0 spiro atoms. The van der Waals surface area contributed by atoms with Crippen LogP contribution in [0.25, 0.3) is 21.7 Å². The maximum atomic E-state index is 13.9. The second-order valence-corrected chi connectivity index (χ2v) is 11.6. The highest BCUT2D eigenvalue weighted by atomic mass is 32.2. The third-order valence-electron chi connectivity index (χ3n) is 6.80. The molecule has 0 N–H and O–H groups in total. The number of ether oxygens (including phenoxy) is 1. The Labute approximate surface area is 210 Å². The lowest BCUT2D eigenvalue weighted by atomic mass is 9.97. The molecule has 10 heteroatoms. The van der Waals surface area contributed by atoms with Gasteiger partial charge in [-0.25, -0.2) is 8.97 Å². The number of thioether (sulfide) groups is 1. The first-order valence-electron chi connectivity index (χ1n) is 12.1. The van der Waals surface area contributed by atoms with E-state index in [-0.39, 0.29) is 16.7 Å². The highest BCUT2D eigenvalue weighted by Crippen LogP contribution is 2.37. The van der Waals surface area contributed by atoms with E-state index >= 15 is 0 Å². The van der Waals surface area contributed by atoms with E-state index in [4.69, 9.17) is 4.74 Å². The zero-order chi connectivity index (χ0) is 24.1. The molecular formula is C25H27N5O3S2. The molecule has 1 aliphatic carbocycles. The second kappa shape index (κ2) is 9.07. The van der Waals surface area contributed by atoms with E-state index in [0.717, 1.165) is 47.2 Å². The maximum Gasteiger partial charge on any atom is 0.268 e. The molecule has 35 heavy (non-hydrogen) atoms. The molecule has 1 aliphatic heterocycles. The van der Waals surface area contributed by atoms with Crippen molar-refractivity contribution in [2.75, 3.05) is 26.3 Å². The lowest BCUT2D eigenvalue weighted by Crippen LogP contribution is -2.44. The molecule has 0 radical (unpaired) electrons. The summed E-state index contributed by atoms with van der Waals surface area (Å²) < 4.78 is 9.08. The van der Waals surface area contributed by atoms with Crippen molar-refractivity contribution in [3.05, 3.63) is 50.6 Å². The number of carbonyl (C=O) groups excluding carboxylic acids is 1. The number of fused-ring (bicyclic) bond motifs is 5. The summed E-state index contributed by atoms with van der Waals surface area (Å²) in [6, 6.07) is 7.90. The number of aromatic nitrogens is 4. The lowest BCUT2D eigenvalue weighted by molar-refractivity contribution is -0.134. The molecule has 1 amide bonds. The largest absolute Gasteiger partial charge is 0.378 e. The van der Waals surface area contributed by atoms with Gasteiger partial charge in [0.1, 0.15) is 4.83 Å². The second-order valence-electron chi connectivity index (χ2n) is 9.19. The zero-order valence-corrected chi connectivity index (χ0v) is 21.5. The van der Waals surface area contributed by atoms with Crippen LogP contribution in [-0.4, -0.2) is 61.5 Å². The Kier molecular flexibility index (Phi) is 5.90. The minimum Gasteiger partial charge on any atom is -0.378 e. The first-order chi connectivity index (χ1) is 17.0. The third-order valence-corrected chi connectivity index (χ3v) is 9.11. The van der Waals surface area contributed by atoms with E-state index in [1.165, 1.54) is 22.2 Å². The summed E-state index contributed by atoms with van der Waals surface area (Å²) in [5.41, 5.74) is 2.98. The summed E-state index contributed by atoms with van der Waals surface area (Å²) in [6.07, 6.45) is 4.15. The Bertz CT molecular complexity index is 1500. The van der Waals surface area contributed by atoms with Gasteiger partial charge in [-0.05, 0) is 62.8 Å². The van der Waals surface area contributed by atoms with Crippen molar-refractivity contribution < 1.29 is 9.53 Å². The molecule has 1 aromatic carbocycles. The van der Waals surface area contributed by atoms with Gasteiger partial charge in [0.25, 0.3) is 5.56 Å². The van der Waals surface area contributed by atoms with Crippen molar-refractivity contribution >= 4 is 45.0 Å². The van der Waals surface area contributed by atoms with Crippen LogP contribution in [-0.2, 0) is 22.4 Å². The molecule has 1 saturated heterocycles. The van der Waals surface area contributed by atoms with E-state index in [9.17, 15) is 9.59 Å². The smallest absolute Gasteiger partial charge is 0.268 e. The van der Waals surface area contributed by atoms with E-state index in [1.807, 2.05) is 47.4 Å². The first kappa shape index (κ1) is 22.8. The summed E-state index contributed by atoms with van der Waals surface area (Å²) in [5.74, 6) is 0.559. The number of rotatable bonds is 4. The van der Waals surface area contributed by atoms with E-state index in [2.05, 4.69) is 10.2 Å². The molecule has 4 aromatic rings. The Morgan fingerprint density at radius 1 is 1.17 bits per heavy atom. The summed E-state index contributed by atoms with van der Waals surface area (Å²) in [6.45, 7) is 6.29. The Morgan fingerprint density at radius 2 is 1.97 bits per heavy atom. The van der Waals surface area contributed by atoms with Crippen LogP contribution in [0.4, 0.5) is 0 Å². The van der Waals surface area contributed by atoms with Crippen LogP contribution in [0.3, 0.4) is 0 Å². The number of amides is 1. The van der Waals surface area contributed by atoms with E-state index in [1.54, 1.807) is 15.9 Å². The van der Waals surface area contributed by atoms with Crippen LogP contribution in [0.15, 0.2) is 34.2 Å². The van der Waals surface area contributed by atoms with Gasteiger partial charge in [0.15, 0.2) is 5.16 Å². The van der Waals surface area contributed by atoms with Crippen molar-refractivity contribution in [1.29, 1.82) is 0 Å². The van der Waals surface area contributed by atoms with Gasteiger partial charge in [0.2, 0.25) is 11.7 Å². The summed E-state index contributed by atoms with van der Waals surface area (Å²) in [5, 5.41) is 10.1. The number of aryl methyl sites for hydroxylation is 3. The molecule has 4 heterocycles. The van der Waals surface area contributed by atoms with Gasteiger partial charge in [0, 0.05) is 18.0 Å². The quantitative estimate of drug-likeness (QED) is 0.391. The predicted octanol–water partition coefficient (Wildman–Crippen LogP) is 3.62. The molecule has 2 aliphatic rings. The third kappa shape index (κ3) is 3.88. The fraction of sp³-hybridized carbons (Fsp3) is 0.440. The average molecular weight is 510 g/mol. The standard InChI is InChI=1S/C25H27N5O3S2/c1-15-6-5-7-17(14-15)29-22(32)20-18-8-3-4-9-19(18)35-23(20)30-24(29)26-27-25(30)34-16(2)21(31)28-10-12-33-13-11-28/h5-7,14,16H,3-4,8-13H2,1-2H3/t16-/m1/s1. The number of hydrogen-bond donors (Lipinski definition) is 0. The minimum absolute atomic E-state index is 0.0427. The van der Waals surface area contributed by atoms with Gasteiger partial charge >= 0.3 is 0 Å². The van der Waals surface area contributed by atoms with Crippen molar-refractivity contribution in [1.82, 2.24) is 24.1 Å². The number of thiophene rings is 1. The lowest BCUT2D eigenvalue weighted by Gasteiger charge is -2.28. The average Bonchev–Trinajstić information content (AvgIpc) is 3.46. The first-order valence-corrected chi connectivity index (χ1v) is 13.8. The van der Waals surface area contributed by atoms with Crippen molar-refractivity contribution in [2.24, 2.45) is 0 Å². The van der Waals surface area contributed by atoms with Crippen LogP contribution in [0.2, 0.25) is 0 Å². The molecule has 3 aromatic heterocycles. The molecule has 0 bridgehead atoms. The highest BCUT2D eigenvalue weighted by molar-refractivity contribution is 8.00. The summed E-state index contributed by atoms with van der Waals surface area (Å²) >= 11 is 3.08. The normalized spacial score (nSPS) is 17.1. The number of carbonyl (C=O) groups is 1. The number of morpholine rings is 1. The molecule has 182 valence electrons. The fourth-order valence-electron chi connectivity index (χ4n) is 5.04. The molecule has 8 nitrogen and oxygen atoms in total. The molecule has 0 unspecified atom stereocenters. The van der Waals surface area contributed by atoms with Crippen LogP contribution in [0.5, 0.6) is 0 Å². The zero-order valence-electron chi connectivity index (χ0n) is 19.8. The van der Waals surface area contributed by atoms with E-state index < -0.39 is 0 Å². The Hall–Kier alpha value is -2.69. The van der Waals surface area contributed by atoms with Gasteiger partial charge in [-0.15, -0.1) is 21.5 Å².